The van der Waals surface area contributed by atoms with Crippen LogP contribution >= 0.6 is 0 Å². The molecule has 0 spiro atoms. The third-order valence-corrected chi connectivity index (χ3v) is 2.39. The van der Waals surface area contributed by atoms with Gasteiger partial charge in [-0.1, -0.05) is 0 Å². The number of carbonyl (C=O) groups is 3. The van der Waals surface area contributed by atoms with E-state index in [0.29, 0.717) is 19.4 Å². The van der Waals surface area contributed by atoms with Crippen molar-refractivity contribution in [3.63, 3.8) is 0 Å². The molecule has 6 nitrogen and oxygen atoms in total. The summed E-state index contributed by atoms with van der Waals surface area (Å²) < 4.78 is 0. The van der Waals surface area contributed by atoms with Crippen LogP contribution in [0, 0.1) is 0 Å². The minimum absolute atomic E-state index is 0.216. The lowest BCUT2D eigenvalue weighted by Crippen LogP contribution is -2.47. The zero-order valence-corrected chi connectivity index (χ0v) is 8.10. The fourth-order valence-electron chi connectivity index (χ4n) is 1.66. The van der Waals surface area contributed by atoms with Gasteiger partial charge in [0.1, 0.15) is 0 Å². The van der Waals surface area contributed by atoms with Gasteiger partial charge in [-0.05, 0) is 19.3 Å². The first-order valence-electron chi connectivity index (χ1n) is 4.72. The Morgan fingerprint density at radius 1 is 1.20 bits per heavy atom. The van der Waals surface area contributed by atoms with E-state index in [-0.39, 0.29) is 12.8 Å². The summed E-state index contributed by atoms with van der Waals surface area (Å²) in [5, 5.41) is 20.7. The summed E-state index contributed by atoms with van der Waals surface area (Å²) in [6.45, 7) is 0.352. The maximum atomic E-state index is 11.4. The second-order valence-electron chi connectivity index (χ2n) is 3.44. The topological polar surface area (TPSA) is 101 Å². The van der Waals surface area contributed by atoms with Crippen molar-refractivity contribution in [3.05, 3.63) is 0 Å². The first-order valence-corrected chi connectivity index (χ1v) is 4.72. The summed E-state index contributed by atoms with van der Waals surface area (Å²) in [6.07, 6.45) is 0.385. The minimum Gasteiger partial charge on any atom is -0.550 e. The first-order chi connectivity index (χ1) is 7.02. The summed E-state index contributed by atoms with van der Waals surface area (Å²) in [6, 6.07) is -0.903. The van der Waals surface area contributed by atoms with Crippen LogP contribution in [0.1, 0.15) is 25.7 Å². The molecule has 1 atom stereocenters. The lowest BCUT2D eigenvalue weighted by Gasteiger charge is -2.25. The van der Waals surface area contributed by atoms with Crippen LogP contribution in [0.25, 0.3) is 0 Å². The molecule has 1 amide bonds. The summed E-state index contributed by atoms with van der Waals surface area (Å²) in [5.41, 5.74) is 0. The Kier molecular flexibility index (Phi) is 3.65. The second kappa shape index (κ2) is 4.77. The van der Waals surface area contributed by atoms with E-state index in [1.54, 1.807) is 0 Å². The lowest BCUT2D eigenvalue weighted by molar-refractivity contribution is -0.310. The summed E-state index contributed by atoms with van der Waals surface area (Å²) in [5.74, 6) is -3.06. The van der Waals surface area contributed by atoms with E-state index >= 15 is 0 Å². The molecule has 0 unspecified atom stereocenters. The number of aliphatic carboxylic acids is 2. The molecular weight excluding hydrogens is 202 g/mol. The van der Waals surface area contributed by atoms with E-state index in [0.717, 1.165) is 4.90 Å². The Balaban J connectivity index is 2.51. The molecule has 1 aliphatic heterocycles. The fourth-order valence-corrected chi connectivity index (χ4v) is 1.66. The van der Waals surface area contributed by atoms with Crippen molar-refractivity contribution in [1.82, 2.24) is 4.90 Å². The molecule has 1 aliphatic rings. The van der Waals surface area contributed by atoms with Crippen molar-refractivity contribution in [2.45, 2.75) is 31.7 Å². The molecule has 0 aromatic heterocycles. The van der Waals surface area contributed by atoms with Gasteiger partial charge in [0.25, 0.3) is 0 Å². The zero-order chi connectivity index (χ0) is 11.4. The van der Waals surface area contributed by atoms with Gasteiger partial charge in [-0.2, -0.15) is 0 Å². The van der Waals surface area contributed by atoms with E-state index in [1.807, 2.05) is 0 Å². The average Bonchev–Trinajstić information content (AvgIpc) is 2.62. The van der Waals surface area contributed by atoms with Crippen LogP contribution in [-0.2, 0) is 14.4 Å². The maximum Gasteiger partial charge on any atom is 0.223 e. The quantitative estimate of drug-likeness (QED) is 0.504. The van der Waals surface area contributed by atoms with Crippen LogP contribution in [0.4, 0.5) is 0 Å². The second-order valence-corrected chi connectivity index (χ2v) is 3.44. The molecule has 1 heterocycles. The van der Waals surface area contributed by atoms with Crippen molar-refractivity contribution in [3.8, 4) is 0 Å². The monoisotopic (exact) mass is 213 g/mol. The number of hydrogen-bond acceptors (Lipinski definition) is 5. The predicted molar refractivity (Wildman–Crippen MR) is 44.0 cm³/mol. The van der Waals surface area contributed by atoms with Gasteiger partial charge in [-0.3, -0.25) is 4.79 Å². The van der Waals surface area contributed by atoms with Gasteiger partial charge in [0.2, 0.25) is 5.91 Å². The molecule has 0 aliphatic carbocycles. The number of amides is 1. The molecule has 1 fully saturated rings. The van der Waals surface area contributed by atoms with Crippen molar-refractivity contribution in [1.29, 1.82) is 0 Å². The Bertz CT molecular complexity index is 288. The van der Waals surface area contributed by atoms with Crippen LogP contribution in [0.15, 0.2) is 0 Å². The normalized spacial score (nSPS) is 20.3. The van der Waals surface area contributed by atoms with E-state index in [4.69, 9.17) is 0 Å². The summed E-state index contributed by atoms with van der Waals surface area (Å²) in [4.78, 5) is 33.3. The number of nitrogens with zero attached hydrogens (tertiary/aromatic N) is 1. The van der Waals surface area contributed by atoms with Gasteiger partial charge in [-0.15, -0.1) is 0 Å². The molecule has 0 bridgehead atoms. The van der Waals surface area contributed by atoms with Crippen molar-refractivity contribution < 1.29 is 24.6 Å². The minimum atomic E-state index is -1.31. The number of carboxylic acid groups (broad SMARTS) is 2. The molecule has 0 aromatic rings. The molecule has 1 saturated heterocycles. The number of rotatable bonds is 4. The molecular formula is C9H11NO5-2. The predicted octanol–water partition coefficient (Wildman–Crippen LogP) is -2.74. The number of likely N-dealkylation sites (tertiary alicyclic amines) is 1. The van der Waals surface area contributed by atoms with Gasteiger partial charge in [0.05, 0.1) is 12.0 Å². The van der Waals surface area contributed by atoms with Crippen molar-refractivity contribution in [2.24, 2.45) is 0 Å². The third kappa shape index (κ3) is 2.93. The fraction of sp³-hybridized carbons (Fsp3) is 0.667. The summed E-state index contributed by atoms with van der Waals surface area (Å²) in [7, 11) is 0. The van der Waals surface area contributed by atoms with Crippen LogP contribution in [0.2, 0.25) is 0 Å². The van der Waals surface area contributed by atoms with Gasteiger partial charge < -0.3 is 24.7 Å². The molecule has 0 radical (unpaired) electrons. The molecule has 6 heteroatoms. The summed E-state index contributed by atoms with van der Waals surface area (Å²) >= 11 is 0. The molecule has 0 aromatic carbocycles. The van der Waals surface area contributed by atoms with E-state index in [2.05, 4.69) is 0 Å². The first kappa shape index (κ1) is 11.5. The van der Waals surface area contributed by atoms with Gasteiger partial charge in [-0.25, -0.2) is 0 Å². The van der Waals surface area contributed by atoms with Gasteiger partial charge >= 0.3 is 0 Å². The highest BCUT2D eigenvalue weighted by Crippen LogP contribution is 2.17. The SMILES string of the molecule is O=C([O-])CCC(=O)N1CCC[C@@H]1C(=O)[O-]. The van der Waals surface area contributed by atoms with Gasteiger partial charge in [0, 0.05) is 18.9 Å². The number of hydrogen-bond donors (Lipinski definition) is 0. The Morgan fingerprint density at radius 2 is 1.87 bits per heavy atom. The van der Waals surface area contributed by atoms with Crippen LogP contribution in [0.5, 0.6) is 0 Å². The highest BCUT2D eigenvalue weighted by atomic mass is 16.4. The molecule has 0 saturated carbocycles. The average molecular weight is 213 g/mol. The lowest BCUT2D eigenvalue weighted by atomic mass is 10.2. The highest BCUT2D eigenvalue weighted by Gasteiger charge is 2.28. The number of carbonyl (C=O) groups excluding carboxylic acids is 3. The van der Waals surface area contributed by atoms with Crippen LogP contribution < -0.4 is 10.2 Å². The Hall–Kier alpha value is -1.59. The molecule has 84 valence electrons. The van der Waals surface area contributed by atoms with E-state index in [9.17, 15) is 24.6 Å². The largest absolute Gasteiger partial charge is 0.550 e. The van der Waals surface area contributed by atoms with Crippen molar-refractivity contribution >= 4 is 17.8 Å². The van der Waals surface area contributed by atoms with Crippen LogP contribution in [-0.4, -0.2) is 35.3 Å². The van der Waals surface area contributed by atoms with Gasteiger partial charge in [0.15, 0.2) is 0 Å². The smallest absolute Gasteiger partial charge is 0.223 e. The third-order valence-electron chi connectivity index (χ3n) is 2.39. The maximum absolute atomic E-state index is 11.4. The molecule has 15 heavy (non-hydrogen) atoms. The van der Waals surface area contributed by atoms with E-state index < -0.39 is 23.9 Å². The van der Waals surface area contributed by atoms with E-state index in [1.165, 1.54) is 0 Å². The number of carboxylic acids is 2. The van der Waals surface area contributed by atoms with Crippen LogP contribution in [0.3, 0.4) is 0 Å². The zero-order valence-electron chi connectivity index (χ0n) is 8.10. The molecule has 0 N–H and O–H groups in total. The molecule has 1 rings (SSSR count). The van der Waals surface area contributed by atoms with Crippen molar-refractivity contribution in [2.75, 3.05) is 6.54 Å². The standard InChI is InChI=1S/C9H13NO5/c11-7(3-4-8(12)13)10-5-1-2-6(10)9(14)15/h6H,1-5H2,(H,12,13)(H,14,15)/p-2/t6-/m1/s1. The Labute approximate surface area is 86.5 Å². The Morgan fingerprint density at radius 3 is 2.40 bits per heavy atom. The highest BCUT2D eigenvalue weighted by molar-refractivity contribution is 5.85.